The molecule has 4 nitrogen and oxygen atoms in total. The van der Waals surface area contributed by atoms with Crippen LogP contribution in [0.2, 0.25) is 0 Å². The lowest BCUT2D eigenvalue weighted by atomic mass is 10.1. The van der Waals surface area contributed by atoms with E-state index in [2.05, 4.69) is 5.32 Å². The zero-order valence-corrected chi connectivity index (χ0v) is 10.6. The molecule has 2 rings (SSSR count). The molecule has 0 bridgehead atoms. The summed E-state index contributed by atoms with van der Waals surface area (Å²) in [6, 6.07) is 7.34. The Balaban J connectivity index is 2.26. The summed E-state index contributed by atoms with van der Waals surface area (Å²) < 4.78 is 31.2. The summed E-state index contributed by atoms with van der Waals surface area (Å²) in [5.74, 6) is -1.73. The molecule has 1 amide bonds. The van der Waals surface area contributed by atoms with Crippen LogP contribution in [0.5, 0.6) is 5.75 Å². The molecule has 20 heavy (non-hydrogen) atoms. The lowest BCUT2D eigenvalue weighted by molar-refractivity contribution is 0.102. The predicted molar refractivity (Wildman–Crippen MR) is 71.7 cm³/mol. The Hall–Kier alpha value is -2.63. The molecule has 104 valence electrons. The Morgan fingerprint density at radius 1 is 1.20 bits per heavy atom. The van der Waals surface area contributed by atoms with Gasteiger partial charge in [0.25, 0.3) is 5.91 Å². The first kappa shape index (κ1) is 13.8. The number of nitrogen functional groups attached to an aromatic ring is 1. The number of anilines is 2. The van der Waals surface area contributed by atoms with Crippen molar-refractivity contribution in [3.8, 4) is 5.75 Å². The maximum Gasteiger partial charge on any atom is 0.255 e. The SMILES string of the molecule is COc1cc(N)cc(C(=O)Nc2ccc(F)cc2F)c1. The van der Waals surface area contributed by atoms with E-state index in [-0.39, 0.29) is 11.3 Å². The Labute approximate surface area is 114 Å². The quantitative estimate of drug-likeness (QED) is 0.848. The van der Waals surface area contributed by atoms with Crippen LogP contribution in [-0.4, -0.2) is 13.0 Å². The van der Waals surface area contributed by atoms with Crippen molar-refractivity contribution < 1.29 is 18.3 Å². The zero-order chi connectivity index (χ0) is 14.7. The molecule has 0 saturated carbocycles. The highest BCUT2D eigenvalue weighted by atomic mass is 19.1. The largest absolute Gasteiger partial charge is 0.497 e. The van der Waals surface area contributed by atoms with Gasteiger partial charge in [-0.15, -0.1) is 0 Å². The highest BCUT2D eigenvalue weighted by molar-refractivity contribution is 6.05. The number of methoxy groups -OCH3 is 1. The van der Waals surface area contributed by atoms with Crippen LogP contribution < -0.4 is 15.8 Å². The third-order valence-electron chi connectivity index (χ3n) is 2.61. The first-order valence-electron chi connectivity index (χ1n) is 5.70. The van der Waals surface area contributed by atoms with Crippen molar-refractivity contribution in [3.63, 3.8) is 0 Å². The van der Waals surface area contributed by atoms with E-state index in [1.165, 1.54) is 19.2 Å². The van der Waals surface area contributed by atoms with Crippen LogP contribution >= 0.6 is 0 Å². The molecule has 0 saturated heterocycles. The minimum atomic E-state index is -0.853. The van der Waals surface area contributed by atoms with Crippen LogP contribution in [0.4, 0.5) is 20.2 Å². The molecule has 0 atom stereocenters. The molecule has 0 aliphatic heterocycles. The maximum atomic E-state index is 13.4. The minimum Gasteiger partial charge on any atom is -0.497 e. The fourth-order valence-electron chi connectivity index (χ4n) is 1.66. The molecule has 2 aromatic carbocycles. The molecule has 0 aliphatic rings. The Morgan fingerprint density at radius 3 is 2.60 bits per heavy atom. The monoisotopic (exact) mass is 278 g/mol. The van der Waals surface area contributed by atoms with E-state index < -0.39 is 17.5 Å². The predicted octanol–water partition coefficient (Wildman–Crippen LogP) is 2.81. The van der Waals surface area contributed by atoms with Gasteiger partial charge in [0.05, 0.1) is 12.8 Å². The molecule has 0 heterocycles. The third kappa shape index (κ3) is 3.03. The van der Waals surface area contributed by atoms with Gasteiger partial charge < -0.3 is 15.8 Å². The first-order chi connectivity index (χ1) is 9.49. The van der Waals surface area contributed by atoms with Gasteiger partial charge in [0.2, 0.25) is 0 Å². The number of nitrogens with one attached hydrogen (secondary N) is 1. The minimum absolute atomic E-state index is 0.113. The van der Waals surface area contributed by atoms with E-state index in [1.54, 1.807) is 6.07 Å². The van der Waals surface area contributed by atoms with Gasteiger partial charge in [-0.25, -0.2) is 8.78 Å². The normalized spacial score (nSPS) is 10.2. The summed E-state index contributed by atoms with van der Waals surface area (Å²) in [7, 11) is 1.44. The number of halogens is 2. The molecule has 2 aromatic rings. The lowest BCUT2D eigenvalue weighted by Gasteiger charge is -2.08. The van der Waals surface area contributed by atoms with Crippen molar-refractivity contribution in [2.24, 2.45) is 0 Å². The molecule has 0 spiro atoms. The molecule has 0 aliphatic carbocycles. The number of benzene rings is 2. The number of hydrogen-bond acceptors (Lipinski definition) is 3. The molecule has 3 N–H and O–H groups in total. The number of carbonyl (C=O) groups excluding carboxylic acids is 1. The van der Waals surface area contributed by atoms with Crippen molar-refractivity contribution >= 4 is 17.3 Å². The van der Waals surface area contributed by atoms with Gasteiger partial charge in [-0.1, -0.05) is 0 Å². The van der Waals surface area contributed by atoms with Gasteiger partial charge in [0, 0.05) is 23.4 Å². The first-order valence-corrected chi connectivity index (χ1v) is 5.70. The van der Waals surface area contributed by atoms with Crippen LogP contribution in [0, 0.1) is 11.6 Å². The zero-order valence-electron chi connectivity index (χ0n) is 10.6. The van der Waals surface area contributed by atoms with Crippen molar-refractivity contribution in [2.45, 2.75) is 0 Å². The third-order valence-corrected chi connectivity index (χ3v) is 2.61. The van der Waals surface area contributed by atoms with E-state index in [0.29, 0.717) is 17.5 Å². The molecular weight excluding hydrogens is 266 g/mol. The fourth-order valence-corrected chi connectivity index (χ4v) is 1.66. The van der Waals surface area contributed by atoms with Gasteiger partial charge in [0.15, 0.2) is 0 Å². The number of carbonyl (C=O) groups is 1. The van der Waals surface area contributed by atoms with Crippen LogP contribution in [-0.2, 0) is 0 Å². The number of rotatable bonds is 3. The van der Waals surface area contributed by atoms with E-state index in [4.69, 9.17) is 10.5 Å². The van der Waals surface area contributed by atoms with Crippen LogP contribution in [0.25, 0.3) is 0 Å². The summed E-state index contributed by atoms with van der Waals surface area (Å²) in [6.45, 7) is 0. The standard InChI is InChI=1S/C14H12F2N2O2/c1-20-11-5-8(4-10(17)7-11)14(19)18-13-3-2-9(15)6-12(13)16/h2-7H,17H2,1H3,(H,18,19). The van der Waals surface area contributed by atoms with E-state index in [1.807, 2.05) is 0 Å². The Morgan fingerprint density at radius 2 is 1.95 bits per heavy atom. The lowest BCUT2D eigenvalue weighted by Crippen LogP contribution is -2.13. The summed E-state index contributed by atoms with van der Waals surface area (Å²) in [5.41, 5.74) is 6.07. The number of nitrogens with two attached hydrogens (primary N) is 1. The summed E-state index contributed by atoms with van der Waals surface area (Å²) in [4.78, 5) is 12.0. The highest BCUT2D eigenvalue weighted by Gasteiger charge is 2.11. The summed E-state index contributed by atoms with van der Waals surface area (Å²) in [5, 5.41) is 2.34. The molecule has 0 aromatic heterocycles. The van der Waals surface area contributed by atoms with Gasteiger partial charge >= 0.3 is 0 Å². The molecule has 0 fully saturated rings. The van der Waals surface area contributed by atoms with Crippen LogP contribution in [0.15, 0.2) is 36.4 Å². The maximum absolute atomic E-state index is 13.4. The van der Waals surface area contributed by atoms with Crippen molar-refractivity contribution in [1.29, 1.82) is 0 Å². The molecule has 0 radical (unpaired) electrons. The second kappa shape index (κ2) is 5.56. The average Bonchev–Trinajstić information content (AvgIpc) is 2.41. The van der Waals surface area contributed by atoms with Gasteiger partial charge in [0.1, 0.15) is 17.4 Å². The number of ether oxygens (including phenoxy) is 1. The Kier molecular flexibility index (Phi) is 3.84. The van der Waals surface area contributed by atoms with E-state index in [0.717, 1.165) is 12.1 Å². The topological polar surface area (TPSA) is 64.3 Å². The van der Waals surface area contributed by atoms with Crippen LogP contribution in [0.1, 0.15) is 10.4 Å². The smallest absolute Gasteiger partial charge is 0.255 e. The number of amides is 1. The molecular formula is C14H12F2N2O2. The van der Waals surface area contributed by atoms with E-state index in [9.17, 15) is 13.6 Å². The summed E-state index contributed by atoms with van der Waals surface area (Å²) in [6.07, 6.45) is 0. The van der Waals surface area contributed by atoms with Gasteiger partial charge in [-0.05, 0) is 24.3 Å². The van der Waals surface area contributed by atoms with E-state index >= 15 is 0 Å². The Bertz CT molecular complexity index is 660. The number of hydrogen-bond donors (Lipinski definition) is 2. The van der Waals surface area contributed by atoms with Crippen LogP contribution in [0.3, 0.4) is 0 Å². The van der Waals surface area contributed by atoms with Crippen molar-refractivity contribution in [2.75, 3.05) is 18.2 Å². The highest BCUT2D eigenvalue weighted by Crippen LogP contribution is 2.21. The van der Waals surface area contributed by atoms with Crippen molar-refractivity contribution in [3.05, 3.63) is 53.6 Å². The second-order valence-electron chi connectivity index (χ2n) is 4.07. The summed E-state index contributed by atoms with van der Waals surface area (Å²) >= 11 is 0. The van der Waals surface area contributed by atoms with Gasteiger partial charge in [-0.2, -0.15) is 0 Å². The van der Waals surface area contributed by atoms with Gasteiger partial charge in [-0.3, -0.25) is 4.79 Å². The average molecular weight is 278 g/mol. The molecule has 6 heteroatoms. The van der Waals surface area contributed by atoms with Crippen molar-refractivity contribution in [1.82, 2.24) is 0 Å². The fraction of sp³-hybridized carbons (Fsp3) is 0.0714. The molecule has 0 unspecified atom stereocenters. The second-order valence-corrected chi connectivity index (χ2v) is 4.07.